The number of aliphatic hydroxyl groups is 1. The quantitative estimate of drug-likeness (QED) is 0.357. The molecule has 0 radical (unpaired) electrons. The summed E-state index contributed by atoms with van der Waals surface area (Å²) in [5, 5.41) is 9.74. The summed E-state index contributed by atoms with van der Waals surface area (Å²) in [6.07, 6.45) is -4.16. The number of aromatic nitrogens is 2. The summed E-state index contributed by atoms with van der Waals surface area (Å²) in [5.41, 5.74) is 1.43. The van der Waals surface area contributed by atoms with Crippen LogP contribution in [0.2, 0.25) is 0 Å². The van der Waals surface area contributed by atoms with Crippen molar-refractivity contribution in [2.75, 3.05) is 26.2 Å². The lowest BCUT2D eigenvalue weighted by molar-refractivity contribution is -0.0602. The Bertz CT molecular complexity index is 1150. The maximum atomic E-state index is 12.7. The number of ether oxygens (including phenoxy) is 3. The van der Waals surface area contributed by atoms with Gasteiger partial charge < -0.3 is 29.1 Å². The number of hydrogen-bond donors (Lipinski definition) is 2. The maximum Gasteiger partial charge on any atom is 0.433 e. The van der Waals surface area contributed by atoms with Gasteiger partial charge in [0, 0.05) is 26.4 Å². The molecule has 174 valence electrons. The lowest BCUT2D eigenvalue weighted by atomic mass is 10.0. The molecule has 1 aromatic heterocycles. The Morgan fingerprint density at radius 1 is 1.12 bits per heavy atom. The van der Waals surface area contributed by atoms with Crippen molar-refractivity contribution in [1.29, 1.82) is 0 Å². The number of anilines is 1. The summed E-state index contributed by atoms with van der Waals surface area (Å²) in [4.78, 5) is 59.2. The second kappa shape index (κ2) is 8.88. The summed E-state index contributed by atoms with van der Waals surface area (Å²) >= 11 is 0. The highest BCUT2D eigenvalue weighted by Gasteiger charge is 2.52. The van der Waals surface area contributed by atoms with Gasteiger partial charge >= 0.3 is 23.7 Å². The van der Waals surface area contributed by atoms with Crippen molar-refractivity contribution in [3.63, 3.8) is 0 Å². The largest absolute Gasteiger partial charge is 0.452 e. The Labute approximate surface area is 186 Å². The zero-order valence-electron chi connectivity index (χ0n) is 17.5. The van der Waals surface area contributed by atoms with Gasteiger partial charge in [-0.3, -0.25) is 4.57 Å². The molecule has 2 aliphatic heterocycles. The van der Waals surface area contributed by atoms with Crippen LogP contribution in [0.1, 0.15) is 26.9 Å². The topological polar surface area (TPSA) is 159 Å². The van der Waals surface area contributed by atoms with E-state index in [1.807, 2.05) is 0 Å². The Morgan fingerprint density at radius 2 is 1.76 bits per heavy atom. The average Bonchev–Trinajstić information content (AvgIpc) is 3.12. The molecule has 2 aliphatic rings. The van der Waals surface area contributed by atoms with Crippen LogP contribution in [-0.4, -0.2) is 76.6 Å². The van der Waals surface area contributed by atoms with Crippen LogP contribution in [0.5, 0.6) is 0 Å². The zero-order chi connectivity index (χ0) is 23.7. The first-order valence-corrected chi connectivity index (χ1v) is 9.80. The van der Waals surface area contributed by atoms with Gasteiger partial charge in [0.25, 0.3) is 0 Å². The predicted molar refractivity (Wildman–Crippen MR) is 108 cm³/mol. The van der Waals surface area contributed by atoms with Crippen LogP contribution in [0.25, 0.3) is 0 Å². The molecule has 0 unspecified atom stereocenters. The minimum absolute atomic E-state index is 0.000114. The van der Waals surface area contributed by atoms with Gasteiger partial charge in [0.2, 0.25) is 0 Å². The number of benzene rings is 1. The zero-order valence-corrected chi connectivity index (χ0v) is 17.5. The molecule has 1 amide bonds. The Hall–Kier alpha value is -3.97. The molecule has 4 atom stereocenters. The first-order valence-electron chi connectivity index (χ1n) is 9.80. The molecule has 4 rings (SSSR count). The van der Waals surface area contributed by atoms with Crippen molar-refractivity contribution in [2.45, 2.75) is 24.5 Å². The smallest absolute Gasteiger partial charge is 0.433 e. The number of rotatable bonds is 4. The van der Waals surface area contributed by atoms with Gasteiger partial charge in [-0.1, -0.05) is 12.1 Å². The van der Waals surface area contributed by atoms with Crippen molar-refractivity contribution in [3.8, 4) is 0 Å². The highest BCUT2D eigenvalue weighted by atomic mass is 16.7. The molecular weight excluding hydrogens is 440 g/mol. The number of esters is 2. The van der Waals surface area contributed by atoms with Crippen LogP contribution in [0.3, 0.4) is 0 Å². The van der Waals surface area contributed by atoms with E-state index in [2.05, 4.69) is 10.5 Å². The van der Waals surface area contributed by atoms with E-state index in [-0.39, 0.29) is 16.9 Å². The molecule has 0 spiro atoms. The summed E-state index contributed by atoms with van der Waals surface area (Å²) in [6, 6.07) is 7.29. The second-order valence-corrected chi connectivity index (χ2v) is 7.40. The van der Waals surface area contributed by atoms with E-state index in [0.717, 1.165) is 9.47 Å². The lowest BCUT2D eigenvalue weighted by Gasteiger charge is -2.27. The molecule has 0 bridgehead atoms. The minimum atomic E-state index is -1.24. The fraction of sp³-hybridized carbons (Fsp3) is 0.350. The number of carbonyl (C=O) groups excluding carboxylic acids is 3. The molecule has 0 aliphatic carbocycles. The first kappa shape index (κ1) is 22.2. The van der Waals surface area contributed by atoms with Crippen molar-refractivity contribution >= 4 is 23.8 Å². The standard InChI is InChI=1S/C20H20N4O9/c1-23(2)20(29)33-22-13-7-8-24(19(28)21-13)16-15-14(12(9-25)30-16)31-17(26)10-5-3-4-6-11(10)18(27)32-15/h3-8,12,14-16,25H,9H2,1-2H3,(H,21,22,28)/t12-,14-,15-,16-/m1/s1. The van der Waals surface area contributed by atoms with Crippen LogP contribution in [0, 0.1) is 0 Å². The third-order valence-corrected chi connectivity index (χ3v) is 5.03. The SMILES string of the molecule is CN(C)C(=O)ONc1ccn([C@@H]2O[C@H](CO)[C@H]3OC(=O)c4ccccc4C(=O)O[C@H]32)c(=O)n1. The van der Waals surface area contributed by atoms with Crippen LogP contribution < -0.4 is 11.2 Å². The predicted octanol–water partition coefficient (Wildman–Crippen LogP) is -0.0773. The summed E-state index contributed by atoms with van der Waals surface area (Å²) in [6.45, 7) is -0.563. The van der Waals surface area contributed by atoms with Gasteiger partial charge in [0.05, 0.1) is 17.7 Å². The number of carbonyl (C=O) groups is 3. The van der Waals surface area contributed by atoms with Gasteiger partial charge in [-0.05, 0) is 12.1 Å². The molecule has 1 fully saturated rings. The Kier molecular flexibility index (Phi) is 5.98. The summed E-state index contributed by atoms with van der Waals surface area (Å²) < 4.78 is 17.8. The lowest BCUT2D eigenvalue weighted by Crippen LogP contribution is -2.43. The monoisotopic (exact) mass is 460 g/mol. The fourth-order valence-electron chi connectivity index (χ4n) is 3.41. The van der Waals surface area contributed by atoms with E-state index in [1.165, 1.54) is 38.5 Å². The minimum Gasteiger partial charge on any atom is -0.452 e. The molecular formula is C20H20N4O9. The third kappa shape index (κ3) is 4.23. The molecule has 1 saturated heterocycles. The summed E-state index contributed by atoms with van der Waals surface area (Å²) in [5.74, 6) is -1.65. The molecule has 33 heavy (non-hydrogen) atoms. The average molecular weight is 460 g/mol. The molecule has 13 nitrogen and oxygen atoms in total. The molecule has 2 N–H and O–H groups in total. The molecule has 1 aromatic carbocycles. The number of fused-ring (bicyclic) bond motifs is 2. The summed E-state index contributed by atoms with van der Waals surface area (Å²) in [7, 11) is 2.95. The van der Waals surface area contributed by atoms with Crippen molar-refractivity contribution in [1.82, 2.24) is 14.5 Å². The highest BCUT2D eigenvalue weighted by molar-refractivity contribution is 6.03. The van der Waals surface area contributed by atoms with Crippen LogP contribution in [0.15, 0.2) is 41.3 Å². The van der Waals surface area contributed by atoms with Gasteiger partial charge in [-0.2, -0.15) is 10.5 Å². The van der Waals surface area contributed by atoms with Gasteiger partial charge in [0.15, 0.2) is 24.3 Å². The molecule has 13 heteroatoms. The molecule has 2 aromatic rings. The number of amides is 1. The van der Waals surface area contributed by atoms with Gasteiger partial charge in [-0.25, -0.2) is 19.2 Å². The Morgan fingerprint density at radius 3 is 2.33 bits per heavy atom. The van der Waals surface area contributed by atoms with Gasteiger partial charge in [0.1, 0.15) is 6.10 Å². The number of nitrogens with zero attached hydrogens (tertiary/aromatic N) is 3. The third-order valence-electron chi connectivity index (χ3n) is 5.03. The van der Waals surface area contributed by atoms with Crippen molar-refractivity contribution < 1.29 is 38.5 Å². The van der Waals surface area contributed by atoms with E-state index < -0.39 is 54.9 Å². The van der Waals surface area contributed by atoms with Crippen molar-refractivity contribution in [3.05, 3.63) is 58.1 Å². The van der Waals surface area contributed by atoms with Crippen LogP contribution in [0.4, 0.5) is 10.6 Å². The maximum absolute atomic E-state index is 12.7. The number of hydrogen-bond acceptors (Lipinski definition) is 11. The van der Waals surface area contributed by atoms with Crippen molar-refractivity contribution in [2.24, 2.45) is 0 Å². The highest BCUT2D eigenvalue weighted by Crippen LogP contribution is 2.35. The number of aliphatic hydroxyl groups excluding tert-OH is 1. The molecule has 3 heterocycles. The Balaban J connectivity index is 1.63. The van der Waals surface area contributed by atoms with Crippen LogP contribution in [-0.2, 0) is 19.0 Å². The van der Waals surface area contributed by atoms with Gasteiger partial charge in [-0.15, -0.1) is 0 Å². The van der Waals surface area contributed by atoms with E-state index in [9.17, 15) is 24.3 Å². The number of nitrogens with one attached hydrogen (secondary N) is 1. The fourth-order valence-corrected chi connectivity index (χ4v) is 3.41. The normalized spacial score (nSPS) is 23.8. The van der Waals surface area contributed by atoms with E-state index >= 15 is 0 Å². The first-order chi connectivity index (χ1) is 15.8. The second-order valence-electron chi connectivity index (χ2n) is 7.40. The van der Waals surface area contributed by atoms with E-state index in [0.29, 0.717) is 0 Å². The van der Waals surface area contributed by atoms with Crippen LogP contribution >= 0.6 is 0 Å². The van der Waals surface area contributed by atoms with E-state index in [4.69, 9.17) is 19.0 Å². The van der Waals surface area contributed by atoms with E-state index in [1.54, 1.807) is 12.1 Å². The molecule has 0 saturated carbocycles.